The van der Waals surface area contributed by atoms with Gasteiger partial charge in [-0.3, -0.25) is 0 Å². The van der Waals surface area contributed by atoms with Gasteiger partial charge in [0.15, 0.2) is 0 Å². The van der Waals surface area contributed by atoms with E-state index in [0.29, 0.717) is 0 Å². The molecule has 1 rings (SSSR count). The number of nitrogens with zero attached hydrogens (tertiary/aromatic N) is 2. The maximum atomic E-state index is 4.31. The van der Waals surface area contributed by atoms with Crippen LogP contribution in [-0.2, 0) is 5.41 Å². The molecular formula is C12H19N3. The van der Waals surface area contributed by atoms with E-state index in [-0.39, 0.29) is 5.41 Å². The summed E-state index contributed by atoms with van der Waals surface area (Å²) < 4.78 is 0. The topological polar surface area (TPSA) is 37.8 Å². The van der Waals surface area contributed by atoms with Gasteiger partial charge < -0.3 is 5.32 Å². The molecule has 0 saturated heterocycles. The molecule has 15 heavy (non-hydrogen) atoms. The van der Waals surface area contributed by atoms with Crippen LogP contribution in [0, 0.1) is 0 Å². The molecule has 0 amide bonds. The number of anilines is 1. The van der Waals surface area contributed by atoms with Gasteiger partial charge in [0.25, 0.3) is 0 Å². The highest BCUT2D eigenvalue weighted by molar-refractivity contribution is 5.37. The highest BCUT2D eigenvalue weighted by Crippen LogP contribution is 2.25. The van der Waals surface area contributed by atoms with Gasteiger partial charge in [-0.2, -0.15) is 0 Å². The van der Waals surface area contributed by atoms with Crippen molar-refractivity contribution in [1.29, 1.82) is 0 Å². The quantitative estimate of drug-likeness (QED) is 0.751. The van der Waals surface area contributed by atoms with Gasteiger partial charge in [0.05, 0.1) is 5.69 Å². The van der Waals surface area contributed by atoms with Gasteiger partial charge in [0.2, 0.25) is 0 Å². The van der Waals surface area contributed by atoms with Gasteiger partial charge in [-0.25, -0.2) is 9.97 Å². The molecule has 0 atom stereocenters. The number of hydrogen-bond donors (Lipinski definition) is 1. The standard InChI is InChI=1S/C12H19N3/c1-5-7-13-11-8-10(14-9-15-11)12(3,4)6-2/h5,8-9H,1,6-7H2,2-4H3,(H,13,14,15). The molecule has 0 aliphatic rings. The highest BCUT2D eigenvalue weighted by Gasteiger charge is 2.19. The molecule has 3 heteroatoms. The van der Waals surface area contributed by atoms with Crippen LogP contribution in [0.4, 0.5) is 5.82 Å². The smallest absolute Gasteiger partial charge is 0.129 e. The van der Waals surface area contributed by atoms with Gasteiger partial charge in [0.1, 0.15) is 12.1 Å². The first kappa shape index (κ1) is 11.7. The van der Waals surface area contributed by atoms with Gasteiger partial charge in [-0.05, 0) is 6.42 Å². The summed E-state index contributed by atoms with van der Waals surface area (Å²) in [6.07, 6.45) is 4.48. The van der Waals surface area contributed by atoms with E-state index in [9.17, 15) is 0 Å². The van der Waals surface area contributed by atoms with Gasteiger partial charge in [-0.15, -0.1) is 6.58 Å². The van der Waals surface area contributed by atoms with Gasteiger partial charge >= 0.3 is 0 Å². The normalized spacial score (nSPS) is 11.1. The average Bonchev–Trinajstić information content (AvgIpc) is 2.27. The Morgan fingerprint density at radius 1 is 1.47 bits per heavy atom. The Morgan fingerprint density at radius 3 is 2.80 bits per heavy atom. The summed E-state index contributed by atoms with van der Waals surface area (Å²) in [5, 5.41) is 3.16. The number of rotatable bonds is 5. The van der Waals surface area contributed by atoms with E-state index in [1.54, 1.807) is 6.33 Å². The fourth-order valence-electron chi connectivity index (χ4n) is 1.18. The molecule has 1 aromatic rings. The van der Waals surface area contributed by atoms with E-state index in [4.69, 9.17) is 0 Å². The van der Waals surface area contributed by atoms with E-state index in [1.165, 1.54) is 0 Å². The van der Waals surface area contributed by atoms with E-state index >= 15 is 0 Å². The summed E-state index contributed by atoms with van der Waals surface area (Å²) in [5.41, 5.74) is 1.18. The monoisotopic (exact) mass is 205 g/mol. The van der Waals surface area contributed by atoms with Crippen molar-refractivity contribution in [2.45, 2.75) is 32.6 Å². The molecule has 82 valence electrons. The van der Waals surface area contributed by atoms with Crippen LogP contribution in [0.2, 0.25) is 0 Å². The Bertz CT molecular complexity index is 331. The molecule has 3 nitrogen and oxygen atoms in total. The molecule has 0 aliphatic heterocycles. The number of hydrogen-bond acceptors (Lipinski definition) is 3. The third-order valence-corrected chi connectivity index (χ3v) is 2.67. The van der Waals surface area contributed by atoms with Gasteiger partial charge in [-0.1, -0.05) is 26.8 Å². The zero-order valence-corrected chi connectivity index (χ0v) is 9.75. The Kier molecular flexibility index (Phi) is 3.83. The Hall–Kier alpha value is -1.38. The minimum Gasteiger partial charge on any atom is -0.367 e. The first-order valence-corrected chi connectivity index (χ1v) is 5.27. The SMILES string of the molecule is C=CCNc1cc(C(C)(C)CC)ncn1. The maximum Gasteiger partial charge on any atom is 0.129 e. The van der Waals surface area contributed by atoms with Crippen LogP contribution in [0.15, 0.2) is 25.0 Å². The molecule has 0 unspecified atom stereocenters. The number of aromatic nitrogens is 2. The molecule has 1 heterocycles. The van der Waals surface area contributed by atoms with Crippen molar-refractivity contribution >= 4 is 5.82 Å². The zero-order valence-electron chi connectivity index (χ0n) is 9.75. The fourth-order valence-corrected chi connectivity index (χ4v) is 1.18. The van der Waals surface area contributed by atoms with Crippen LogP contribution in [0.3, 0.4) is 0 Å². The van der Waals surface area contributed by atoms with Crippen LogP contribution in [0.25, 0.3) is 0 Å². The lowest BCUT2D eigenvalue weighted by molar-refractivity contribution is 0.489. The van der Waals surface area contributed by atoms with Crippen molar-refractivity contribution < 1.29 is 0 Å². The first-order chi connectivity index (χ1) is 7.10. The molecule has 0 aromatic carbocycles. The minimum absolute atomic E-state index is 0.105. The van der Waals surface area contributed by atoms with Crippen molar-refractivity contribution in [1.82, 2.24) is 9.97 Å². The molecule has 0 fully saturated rings. The Labute approximate surface area is 91.7 Å². The van der Waals surface area contributed by atoms with Crippen LogP contribution >= 0.6 is 0 Å². The molecule has 1 aromatic heterocycles. The van der Waals surface area contributed by atoms with Crippen molar-refractivity contribution in [3.05, 3.63) is 30.7 Å². The largest absolute Gasteiger partial charge is 0.367 e. The highest BCUT2D eigenvalue weighted by atomic mass is 15.0. The molecule has 0 radical (unpaired) electrons. The second-order valence-corrected chi connectivity index (χ2v) is 4.20. The first-order valence-electron chi connectivity index (χ1n) is 5.27. The fraction of sp³-hybridized carbons (Fsp3) is 0.500. The van der Waals surface area contributed by atoms with Crippen LogP contribution in [-0.4, -0.2) is 16.5 Å². The third-order valence-electron chi connectivity index (χ3n) is 2.67. The number of nitrogens with one attached hydrogen (secondary N) is 1. The molecule has 0 spiro atoms. The molecule has 0 saturated carbocycles. The Balaban J connectivity index is 2.87. The van der Waals surface area contributed by atoms with Gasteiger partial charge in [0, 0.05) is 18.0 Å². The average molecular weight is 205 g/mol. The lowest BCUT2D eigenvalue weighted by atomic mass is 9.86. The van der Waals surface area contributed by atoms with Crippen LogP contribution in [0.1, 0.15) is 32.9 Å². The third kappa shape index (κ3) is 3.05. The lowest BCUT2D eigenvalue weighted by Gasteiger charge is -2.22. The van der Waals surface area contributed by atoms with Crippen molar-refractivity contribution in [3.63, 3.8) is 0 Å². The van der Waals surface area contributed by atoms with Crippen molar-refractivity contribution in [3.8, 4) is 0 Å². The molecule has 1 N–H and O–H groups in total. The predicted octanol–water partition coefficient (Wildman–Crippen LogP) is 2.76. The minimum atomic E-state index is 0.105. The summed E-state index contributed by atoms with van der Waals surface area (Å²) in [7, 11) is 0. The predicted molar refractivity (Wildman–Crippen MR) is 64.0 cm³/mol. The summed E-state index contributed by atoms with van der Waals surface area (Å²) in [5.74, 6) is 0.862. The lowest BCUT2D eigenvalue weighted by Crippen LogP contribution is -2.18. The molecule has 0 aliphatic carbocycles. The van der Waals surface area contributed by atoms with Crippen molar-refractivity contribution in [2.75, 3.05) is 11.9 Å². The summed E-state index contributed by atoms with van der Waals surface area (Å²) in [6.45, 7) is 10.9. The van der Waals surface area contributed by atoms with Crippen LogP contribution < -0.4 is 5.32 Å². The van der Waals surface area contributed by atoms with E-state index in [0.717, 1.165) is 24.5 Å². The second-order valence-electron chi connectivity index (χ2n) is 4.20. The molecule has 0 bridgehead atoms. The van der Waals surface area contributed by atoms with E-state index in [1.807, 2.05) is 12.1 Å². The summed E-state index contributed by atoms with van der Waals surface area (Å²) >= 11 is 0. The maximum absolute atomic E-state index is 4.31. The van der Waals surface area contributed by atoms with E-state index in [2.05, 4.69) is 42.6 Å². The second kappa shape index (κ2) is 4.91. The Morgan fingerprint density at radius 2 is 2.20 bits per heavy atom. The summed E-state index contributed by atoms with van der Waals surface area (Å²) in [6, 6.07) is 2.01. The van der Waals surface area contributed by atoms with Crippen LogP contribution in [0.5, 0.6) is 0 Å². The molecular weight excluding hydrogens is 186 g/mol. The summed E-state index contributed by atoms with van der Waals surface area (Å²) in [4.78, 5) is 8.47. The van der Waals surface area contributed by atoms with Crippen molar-refractivity contribution in [2.24, 2.45) is 0 Å². The zero-order chi connectivity index (χ0) is 11.3. The van der Waals surface area contributed by atoms with E-state index < -0.39 is 0 Å².